The third-order valence-corrected chi connectivity index (χ3v) is 4.26. The van der Waals surface area contributed by atoms with Crippen molar-refractivity contribution >= 4 is 21.6 Å². The minimum atomic E-state index is -4.86. The first-order valence-corrected chi connectivity index (χ1v) is 7.98. The van der Waals surface area contributed by atoms with Crippen LogP contribution < -0.4 is 15.2 Å². The molecule has 0 saturated heterocycles. The number of phenols is 1. The van der Waals surface area contributed by atoms with Gasteiger partial charge in [-0.25, -0.2) is 8.42 Å². The predicted octanol–water partition coefficient (Wildman–Crippen LogP) is 2.19. The van der Waals surface area contributed by atoms with Gasteiger partial charge in [-0.15, -0.1) is 13.2 Å². The molecule has 25 heavy (non-hydrogen) atoms. The summed E-state index contributed by atoms with van der Waals surface area (Å²) in [5, 5.41) is 9.46. The molecule has 134 valence electrons. The molecule has 2 aromatic carbocycles. The first-order chi connectivity index (χ1) is 11.5. The molecule has 1 amide bonds. The van der Waals surface area contributed by atoms with Crippen LogP contribution in [-0.4, -0.2) is 25.8 Å². The van der Waals surface area contributed by atoms with Gasteiger partial charge >= 0.3 is 6.36 Å². The number of halogens is 3. The number of aromatic hydroxyl groups is 1. The largest absolute Gasteiger partial charge is 0.573 e. The molecule has 0 radical (unpaired) electrons. The van der Waals surface area contributed by atoms with Gasteiger partial charge in [0.05, 0.1) is 10.5 Å². The van der Waals surface area contributed by atoms with E-state index in [-0.39, 0.29) is 10.6 Å². The Balaban J connectivity index is 2.24. The molecule has 11 heteroatoms. The van der Waals surface area contributed by atoms with E-state index < -0.39 is 39.4 Å². The van der Waals surface area contributed by atoms with Gasteiger partial charge in [0, 0.05) is 5.69 Å². The number of nitrogens with two attached hydrogens (primary N) is 1. The molecule has 2 rings (SSSR count). The highest BCUT2D eigenvalue weighted by molar-refractivity contribution is 7.92. The summed E-state index contributed by atoms with van der Waals surface area (Å²) in [6, 6.07) is 6.87. The molecule has 0 unspecified atom stereocenters. The monoisotopic (exact) mass is 376 g/mol. The standard InChI is InChI=1S/C14H11F3N2O5S/c15-14(16,17)24-9-3-1-8(2-4-9)19-25(22,23)10-5-6-12(20)11(7-10)13(18)21/h1-7,19-20H,(H2,18,21). The molecule has 7 nitrogen and oxygen atoms in total. The molecular weight excluding hydrogens is 365 g/mol. The van der Waals surface area contributed by atoms with E-state index in [2.05, 4.69) is 9.46 Å². The average molecular weight is 376 g/mol. The Morgan fingerprint density at radius 1 is 1.12 bits per heavy atom. The van der Waals surface area contributed by atoms with Gasteiger partial charge in [-0.05, 0) is 42.5 Å². The summed E-state index contributed by atoms with van der Waals surface area (Å²) in [5.41, 5.74) is 4.60. The Morgan fingerprint density at radius 2 is 1.72 bits per heavy atom. The number of carbonyl (C=O) groups is 1. The van der Waals surface area contributed by atoms with Gasteiger partial charge in [0.1, 0.15) is 11.5 Å². The van der Waals surface area contributed by atoms with E-state index in [9.17, 15) is 31.5 Å². The van der Waals surface area contributed by atoms with Crippen molar-refractivity contribution < 1.29 is 36.2 Å². The number of rotatable bonds is 5. The summed E-state index contributed by atoms with van der Waals surface area (Å²) in [7, 11) is -4.17. The van der Waals surface area contributed by atoms with Gasteiger partial charge in [-0.3, -0.25) is 9.52 Å². The van der Waals surface area contributed by atoms with Gasteiger partial charge in [0.25, 0.3) is 15.9 Å². The SMILES string of the molecule is NC(=O)c1cc(S(=O)(=O)Nc2ccc(OC(F)(F)F)cc2)ccc1O. The van der Waals surface area contributed by atoms with E-state index in [1.54, 1.807) is 0 Å². The van der Waals surface area contributed by atoms with E-state index in [4.69, 9.17) is 5.73 Å². The van der Waals surface area contributed by atoms with Gasteiger partial charge in [-0.2, -0.15) is 0 Å². The van der Waals surface area contributed by atoms with E-state index >= 15 is 0 Å². The number of primary amides is 1. The van der Waals surface area contributed by atoms with Crippen LogP contribution in [0.5, 0.6) is 11.5 Å². The Kier molecular flexibility index (Phi) is 4.79. The maximum absolute atomic E-state index is 12.2. The number of amides is 1. The second-order valence-corrected chi connectivity index (χ2v) is 6.40. The molecular formula is C14H11F3N2O5S. The topological polar surface area (TPSA) is 119 Å². The van der Waals surface area contributed by atoms with Crippen molar-refractivity contribution in [1.82, 2.24) is 0 Å². The molecule has 0 aromatic heterocycles. The highest BCUT2D eigenvalue weighted by Crippen LogP contribution is 2.26. The molecule has 0 spiro atoms. The van der Waals surface area contributed by atoms with Crippen LogP contribution >= 0.6 is 0 Å². The molecule has 0 aliphatic heterocycles. The fourth-order valence-corrected chi connectivity index (χ4v) is 2.90. The number of alkyl halides is 3. The number of sulfonamides is 1. The van der Waals surface area contributed by atoms with Crippen molar-refractivity contribution in [2.75, 3.05) is 4.72 Å². The molecule has 0 atom stereocenters. The van der Waals surface area contributed by atoms with E-state index in [1.807, 2.05) is 0 Å². The lowest BCUT2D eigenvalue weighted by atomic mass is 10.2. The van der Waals surface area contributed by atoms with Gasteiger partial charge in [-0.1, -0.05) is 0 Å². The van der Waals surface area contributed by atoms with Crippen LogP contribution in [0, 0.1) is 0 Å². The van der Waals surface area contributed by atoms with Crippen molar-refractivity contribution in [1.29, 1.82) is 0 Å². The number of ether oxygens (including phenoxy) is 1. The van der Waals surface area contributed by atoms with Crippen LogP contribution in [-0.2, 0) is 10.0 Å². The molecule has 0 aliphatic rings. The van der Waals surface area contributed by atoms with E-state index in [1.165, 1.54) is 0 Å². The van der Waals surface area contributed by atoms with Gasteiger partial charge < -0.3 is 15.6 Å². The van der Waals surface area contributed by atoms with Crippen LogP contribution in [0.25, 0.3) is 0 Å². The van der Waals surface area contributed by atoms with Crippen molar-refractivity contribution in [2.24, 2.45) is 5.73 Å². The lowest BCUT2D eigenvalue weighted by molar-refractivity contribution is -0.274. The van der Waals surface area contributed by atoms with Crippen LogP contribution in [0.15, 0.2) is 47.4 Å². The molecule has 0 saturated carbocycles. The van der Waals surface area contributed by atoms with Gasteiger partial charge in [0.2, 0.25) is 0 Å². The fourth-order valence-electron chi connectivity index (χ4n) is 1.82. The Morgan fingerprint density at radius 3 is 2.24 bits per heavy atom. The van der Waals surface area contributed by atoms with Crippen molar-refractivity contribution in [3.05, 3.63) is 48.0 Å². The molecule has 4 N–H and O–H groups in total. The first-order valence-electron chi connectivity index (χ1n) is 6.49. The third-order valence-electron chi connectivity index (χ3n) is 2.88. The lowest BCUT2D eigenvalue weighted by Crippen LogP contribution is -2.17. The Hall–Kier alpha value is -2.95. The zero-order chi connectivity index (χ0) is 18.8. The Bertz CT molecular complexity index is 896. The second-order valence-electron chi connectivity index (χ2n) is 4.72. The number of hydrogen-bond acceptors (Lipinski definition) is 5. The average Bonchev–Trinajstić information content (AvgIpc) is 2.47. The third kappa shape index (κ3) is 4.76. The normalized spacial score (nSPS) is 11.8. The second kappa shape index (κ2) is 6.51. The summed E-state index contributed by atoms with van der Waals surface area (Å²) >= 11 is 0. The Labute approximate surface area is 139 Å². The molecule has 0 heterocycles. The summed E-state index contributed by atoms with van der Waals surface area (Å²) < 4.78 is 66.5. The zero-order valence-electron chi connectivity index (χ0n) is 12.2. The zero-order valence-corrected chi connectivity index (χ0v) is 13.1. The van der Waals surface area contributed by atoms with Crippen molar-refractivity contribution in [3.63, 3.8) is 0 Å². The highest BCUT2D eigenvalue weighted by Gasteiger charge is 2.31. The smallest absolute Gasteiger partial charge is 0.507 e. The molecule has 2 aromatic rings. The number of benzene rings is 2. The van der Waals surface area contributed by atoms with Crippen LogP contribution in [0.4, 0.5) is 18.9 Å². The summed E-state index contributed by atoms with van der Waals surface area (Å²) in [6.45, 7) is 0. The van der Waals surface area contributed by atoms with Crippen molar-refractivity contribution in [2.45, 2.75) is 11.3 Å². The van der Waals surface area contributed by atoms with Gasteiger partial charge in [0.15, 0.2) is 0 Å². The number of hydrogen-bond donors (Lipinski definition) is 3. The maximum atomic E-state index is 12.2. The van der Waals surface area contributed by atoms with E-state index in [0.29, 0.717) is 0 Å². The molecule has 0 bridgehead atoms. The number of anilines is 1. The lowest BCUT2D eigenvalue weighted by Gasteiger charge is -2.11. The number of carbonyl (C=O) groups excluding carboxylic acids is 1. The molecule has 0 fully saturated rings. The minimum Gasteiger partial charge on any atom is -0.507 e. The highest BCUT2D eigenvalue weighted by atomic mass is 32.2. The molecule has 0 aliphatic carbocycles. The maximum Gasteiger partial charge on any atom is 0.573 e. The predicted molar refractivity (Wildman–Crippen MR) is 80.6 cm³/mol. The summed E-state index contributed by atoms with van der Waals surface area (Å²) in [6.07, 6.45) is -4.86. The first kappa shape index (κ1) is 18.4. The summed E-state index contributed by atoms with van der Waals surface area (Å²) in [5.74, 6) is -2.03. The van der Waals surface area contributed by atoms with Crippen LogP contribution in [0.1, 0.15) is 10.4 Å². The fraction of sp³-hybridized carbons (Fsp3) is 0.0714. The van der Waals surface area contributed by atoms with Crippen LogP contribution in [0.3, 0.4) is 0 Å². The number of nitrogens with one attached hydrogen (secondary N) is 1. The van der Waals surface area contributed by atoms with Crippen molar-refractivity contribution in [3.8, 4) is 11.5 Å². The van der Waals surface area contributed by atoms with Crippen LogP contribution in [0.2, 0.25) is 0 Å². The minimum absolute atomic E-state index is 0.0387. The quantitative estimate of drug-likeness (QED) is 0.739. The van der Waals surface area contributed by atoms with E-state index in [0.717, 1.165) is 42.5 Å². The summed E-state index contributed by atoms with van der Waals surface area (Å²) in [4.78, 5) is 10.8.